The van der Waals surface area contributed by atoms with E-state index in [1.54, 1.807) is 12.2 Å². The minimum atomic E-state index is 0. The molecule has 0 spiro atoms. The number of rotatable bonds is 1. The lowest BCUT2D eigenvalue weighted by molar-refractivity contribution is 2.15. The molecular weight excluding hydrogens is 48.0 g/mol. The van der Waals surface area contributed by atoms with E-state index in [4.69, 9.17) is 0 Å². The lowest BCUT2D eigenvalue weighted by Gasteiger charge is -1.44. The first-order valence-corrected chi connectivity index (χ1v) is 1.15. The van der Waals surface area contributed by atoms with Gasteiger partial charge in [-0.2, -0.15) is 0 Å². The van der Waals surface area contributed by atoms with Crippen molar-refractivity contribution in [2.45, 2.75) is 0 Å². The lowest BCUT2D eigenvalue weighted by Crippen LogP contribution is -1.21. The summed E-state index contributed by atoms with van der Waals surface area (Å²) in [5, 5.41) is 0. The molecule has 0 heterocycles. The molecule has 0 N–H and O–H groups in total. The van der Waals surface area contributed by atoms with Crippen LogP contribution in [0.25, 0.3) is 0 Å². The molecule has 0 aromatic heterocycles. The van der Waals surface area contributed by atoms with Crippen LogP contribution < -0.4 is 0 Å². The highest BCUT2D eigenvalue weighted by molar-refractivity contribution is 4.88. The summed E-state index contributed by atoms with van der Waals surface area (Å²) in [5.74, 6) is 0. The molecular formula is C4H7+. The number of hydrogen-bond acceptors (Lipinski definition) is 0. The molecule has 0 heteroatoms. The van der Waals surface area contributed by atoms with Crippen molar-refractivity contribution < 1.29 is 1.43 Å². The van der Waals surface area contributed by atoms with E-state index in [1.165, 1.54) is 0 Å². The Labute approximate surface area is 27.9 Å². The van der Waals surface area contributed by atoms with Crippen molar-refractivity contribution in [2.24, 2.45) is 0 Å². The van der Waals surface area contributed by atoms with Crippen LogP contribution >= 0.6 is 0 Å². The highest BCUT2D eigenvalue weighted by atomic mass is 13.4. The zero-order chi connectivity index (χ0) is 3.41. The van der Waals surface area contributed by atoms with Gasteiger partial charge in [0.05, 0.1) is 0 Å². The SMILES string of the molecule is C=CC=C.[H+]. The van der Waals surface area contributed by atoms with Crippen molar-refractivity contribution in [1.29, 1.82) is 0 Å². The van der Waals surface area contributed by atoms with Crippen LogP contribution in [0.3, 0.4) is 0 Å². The Hall–Kier alpha value is -0.520. The van der Waals surface area contributed by atoms with Crippen LogP contribution in [0.2, 0.25) is 0 Å². The topological polar surface area (TPSA) is 0 Å². The number of allylic oxidation sites excluding steroid dienone is 2. The van der Waals surface area contributed by atoms with Crippen LogP contribution in [-0.2, 0) is 0 Å². The third-order valence-electron chi connectivity index (χ3n) is 0.167. The molecule has 4 heavy (non-hydrogen) atoms. The molecule has 0 unspecified atom stereocenters. The Morgan fingerprint density at radius 2 is 1.50 bits per heavy atom. The van der Waals surface area contributed by atoms with Gasteiger partial charge in [0.2, 0.25) is 0 Å². The molecule has 0 fully saturated rings. The molecule has 0 bridgehead atoms. The highest BCUT2D eigenvalue weighted by Crippen LogP contribution is 1.52. The van der Waals surface area contributed by atoms with E-state index < -0.39 is 0 Å². The second-order valence-corrected chi connectivity index (χ2v) is 0.471. The Balaban J connectivity index is 0. The first-order valence-electron chi connectivity index (χ1n) is 1.15. The van der Waals surface area contributed by atoms with E-state index in [2.05, 4.69) is 13.2 Å². The van der Waals surface area contributed by atoms with Gasteiger partial charge in [0.15, 0.2) is 0 Å². The second-order valence-electron chi connectivity index (χ2n) is 0.471. The molecule has 0 aliphatic carbocycles. The summed E-state index contributed by atoms with van der Waals surface area (Å²) in [7, 11) is 0. The van der Waals surface area contributed by atoms with E-state index in [0.717, 1.165) is 0 Å². The third-order valence-corrected chi connectivity index (χ3v) is 0.167. The zero-order valence-electron chi connectivity index (χ0n) is 3.57. The van der Waals surface area contributed by atoms with E-state index in [0.29, 0.717) is 0 Å². The van der Waals surface area contributed by atoms with Crippen molar-refractivity contribution >= 4 is 0 Å². The lowest BCUT2D eigenvalue weighted by atomic mass is 10.6. The van der Waals surface area contributed by atoms with Gasteiger partial charge in [0.1, 0.15) is 0 Å². The predicted molar refractivity (Wildman–Crippen MR) is 21.5 cm³/mol. The fourth-order valence-corrected chi connectivity index (χ4v) is 0. The molecule has 0 aromatic carbocycles. The van der Waals surface area contributed by atoms with Crippen LogP contribution in [-0.4, -0.2) is 0 Å². The Morgan fingerprint density at radius 3 is 1.50 bits per heavy atom. The maximum absolute atomic E-state index is 3.36. The van der Waals surface area contributed by atoms with Crippen LogP contribution in [0.5, 0.6) is 0 Å². The van der Waals surface area contributed by atoms with E-state index in [9.17, 15) is 0 Å². The van der Waals surface area contributed by atoms with Gasteiger partial charge in [-0.15, -0.1) is 0 Å². The van der Waals surface area contributed by atoms with Crippen molar-refractivity contribution in [3.63, 3.8) is 0 Å². The predicted octanol–water partition coefficient (Wildman–Crippen LogP) is 1.47. The maximum atomic E-state index is 3.36. The number of hydrogen-bond donors (Lipinski definition) is 0. The zero-order valence-corrected chi connectivity index (χ0v) is 2.57. The Morgan fingerprint density at radius 1 is 1.25 bits per heavy atom. The molecule has 0 nitrogen and oxygen atoms in total. The van der Waals surface area contributed by atoms with Crippen LogP contribution in [0.1, 0.15) is 1.43 Å². The van der Waals surface area contributed by atoms with Gasteiger partial charge in [-0.25, -0.2) is 0 Å². The summed E-state index contributed by atoms with van der Waals surface area (Å²) in [4.78, 5) is 0. The van der Waals surface area contributed by atoms with Gasteiger partial charge in [-0.3, -0.25) is 0 Å². The van der Waals surface area contributed by atoms with Crippen molar-refractivity contribution in [3.05, 3.63) is 25.3 Å². The smallest absolute Gasteiger partial charge is 0.0991 e. The largest absolute Gasteiger partial charge is 1.00 e. The molecule has 0 saturated heterocycles. The molecule has 0 aliphatic heterocycles. The molecule has 22 valence electrons. The van der Waals surface area contributed by atoms with Crippen molar-refractivity contribution in [3.8, 4) is 0 Å². The normalized spacial score (nSPS) is 5.00. The van der Waals surface area contributed by atoms with Gasteiger partial charge < -0.3 is 0 Å². The minimum Gasteiger partial charge on any atom is -0.0991 e. The van der Waals surface area contributed by atoms with Gasteiger partial charge in [-0.05, 0) is 0 Å². The Bertz CT molecular complexity index is 24.6. The summed E-state index contributed by atoms with van der Waals surface area (Å²) in [6, 6.07) is 0. The fraction of sp³-hybridized carbons (Fsp3) is 0. The molecule has 0 aliphatic rings. The maximum Gasteiger partial charge on any atom is 1.00 e. The average Bonchev–Trinajstić information content (AvgIpc) is 1.37. The third kappa shape index (κ3) is 1.48. The molecule has 0 rings (SSSR count). The monoisotopic (exact) mass is 55.1 g/mol. The van der Waals surface area contributed by atoms with E-state index in [-0.39, 0.29) is 1.43 Å². The van der Waals surface area contributed by atoms with Crippen LogP contribution in [0, 0.1) is 0 Å². The quantitative estimate of drug-likeness (QED) is 0.398. The summed E-state index contributed by atoms with van der Waals surface area (Å²) in [5.41, 5.74) is 0. The van der Waals surface area contributed by atoms with Crippen LogP contribution in [0.4, 0.5) is 0 Å². The second kappa shape index (κ2) is 2.48. The van der Waals surface area contributed by atoms with Gasteiger partial charge in [-0.1, -0.05) is 25.3 Å². The van der Waals surface area contributed by atoms with Crippen molar-refractivity contribution in [1.82, 2.24) is 0 Å². The highest BCUT2D eigenvalue weighted by Gasteiger charge is 1.29. The first kappa shape index (κ1) is 3.48. The van der Waals surface area contributed by atoms with Gasteiger partial charge in [0.25, 0.3) is 0 Å². The van der Waals surface area contributed by atoms with Crippen molar-refractivity contribution in [2.75, 3.05) is 0 Å². The van der Waals surface area contributed by atoms with Gasteiger partial charge in [0, 0.05) is 0 Å². The molecule has 0 radical (unpaired) electrons. The molecule has 0 atom stereocenters. The van der Waals surface area contributed by atoms with Crippen LogP contribution in [0.15, 0.2) is 25.3 Å². The van der Waals surface area contributed by atoms with Gasteiger partial charge >= 0.3 is 1.43 Å². The first-order chi connectivity index (χ1) is 1.91. The standard InChI is InChI=1S/C4H6/c1-3-4-2/h3-4H,1-2H2/p+1. The van der Waals surface area contributed by atoms with E-state index >= 15 is 0 Å². The molecule has 0 amide bonds. The summed E-state index contributed by atoms with van der Waals surface area (Å²) < 4.78 is 0. The minimum absolute atomic E-state index is 0. The summed E-state index contributed by atoms with van der Waals surface area (Å²) in [6.07, 6.45) is 3.28. The average molecular weight is 55.1 g/mol. The summed E-state index contributed by atoms with van der Waals surface area (Å²) in [6.45, 7) is 6.72. The molecule has 0 aromatic rings. The summed E-state index contributed by atoms with van der Waals surface area (Å²) >= 11 is 0. The fourth-order valence-electron chi connectivity index (χ4n) is 0. The van der Waals surface area contributed by atoms with E-state index in [1.807, 2.05) is 0 Å². The molecule has 0 saturated carbocycles. The Kier molecular flexibility index (Phi) is 2.16.